The normalized spacial score (nSPS) is 34.2. The molecule has 2 fully saturated rings. The van der Waals surface area contributed by atoms with Crippen LogP contribution in [0.2, 0.25) is 0 Å². The Bertz CT molecular complexity index is 134. The van der Waals surface area contributed by atoms with Gasteiger partial charge in [-0.3, -0.25) is 5.32 Å². The summed E-state index contributed by atoms with van der Waals surface area (Å²) < 4.78 is 5.59. The van der Waals surface area contributed by atoms with E-state index in [1.807, 2.05) is 0 Å². The van der Waals surface area contributed by atoms with Crippen LogP contribution in [0.3, 0.4) is 0 Å². The van der Waals surface area contributed by atoms with Crippen molar-refractivity contribution < 1.29 is 4.74 Å². The Morgan fingerprint density at radius 3 is 2.62 bits per heavy atom. The van der Waals surface area contributed by atoms with Gasteiger partial charge in [-0.05, 0) is 32.4 Å². The summed E-state index contributed by atoms with van der Waals surface area (Å²) in [7, 11) is 0. The second kappa shape index (κ2) is 5.81. The molecule has 0 bridgehead atoms. The average molecular weight is 207 g/mol. The first-order valence-corrected chi connectivity index (χ1v) is 5.03. The van der Waals surface area contributed by atoms with Crippen LogP contribution < -0.4 is 10.6 Å². The Hall–Kier alpha value is 0.170. The summed E-state index contributed by atoms with van der Waals surface area (Å²) in [5.41, 5.74) is 0. The summed E-state index contributed by atoms with van der Waals surface area (Å²) >= 11 is 0. The number of rotatable bonds is 2. The molecule has 0 aliphatic carbocycles. The lowest BCUT2D eigenvalue weighted by molar-refractivity contribution is -0.00840. The summed E-state index contributed by atoms with van der Waals surface area (Å²) in [6.07, 6.45) is 5.27. The first-order chi connectivity index (χ1) is 5.95. The molecular weight excluding hydrogens is 188 g/mol. The highest BCUT2D eigenvalue weighted by molar-refractivity contribution is 5.85. The lowest BCUT2D eigenvalue weighted by Crippen LogP contribution is -2.42. The second-order valence-electron chi connectivity index (χ2n) is 3.70. The first kappa shape index (κ1) is 11.2. The molecule has 2 aliphatic rings. The predicted molar refractivity (Wildman–Crippen MR) is 55.2 cm³/mol. The third-order valence-electron chi connectivity index (χ3n) is 2.67. The van der Waals surface area contributed by atoms with Crippen molar-refractivity contribution in [1.82, 2.24) is 10.6 Å². The topological polar surface area (TPSA) is 33.3 Å². The number of nitrogens with one attached hydrogen (secondary N) is 2. The average Bonchev–Trinajstić information content (AvgIpc) is 2.59. The molecule has 2 saturated heterocycles. The Kier molecular flexibility index (Phi) is 5.02. The van der Waals surface area contributed by atoms with Crippen molar-refractivity contribution in [2.75, 3.05) is 19.7 Å². The van der Waals surface area contributed by atoms with E-state index in [9.17, 15) is 0 Å². The number of halogens is 1. The Labute approximate surface area is 86.0 Å². The van der Waals surface area contributed by atoms with Crippen LogP contribution in [0, 0.1) is 0 Å². The maximum atomic E-state index is 5.59. The molecule has 0 spiro atoms. The van der Waals surface area contributed by atoms with E-state index >= 15 is 0 Å². The van der Waals surface area contributed by atoms with Gasteiger partial charge in [0.05, 0.1) is 0 Å². The molecule has 2 N–H and O–H groups in total. The Morgan fingerprint density at radius 1 is 1.15 bits per heavy atom. The van der Waals surface area contributed by atoms with E-state index in [-0.39, 0.29) is 12.4 Å². The van der Waals surface area contributed by atoms with Crippen molar-refractivity contribution in [2.45, 2.75) is 38.0 Å². The summed E-state index contributed by atoms with van der Waals surface area (Å²) in [5, 5.41) is 6.87. The van der Waals surface area contributed by atoms with Gasteiger partial charge < -0.3 is 10.1 Å². The molecule has 78 valence electrons. The van der Waals surface area contributed by atoms with Gasteiger partial charge in [0.15, 0.2) is 0 Å². The minimum absolute atomic E-state index is 0. The van der Waals surface area contributed by atoms with E-state index in [2.05, 4.69) is 10.6 Å². The molecular formula is C9H19ClN2O. The molecule has 0 radical (unpaired) electrons. The van der Waals surface area contributed by atoms with Crippen LogP contribution in [0.25, 0.3) is 0 Å². The quantitative estimate of drug-likeness (QED) is 0.704. The van der Waals surface area contributed by atoms with Crippen molar-refractivity contribution in [3.8, 4) is 0 Å². The van der Waals surface area contributed by atoms with Gasteiger partial charge in [0.2, 0.25) is 0 Å². The maximum absolute atomic E-state index is 5.59. The molecule has 2 atom stereocenters. The molecule has 3 nitrogen and oxygen atoms in total. The van der Waals surface area contributed by atoms with Crippen LogP contribution in [-0.4, -0.2) is 32.0 Å². The van der Waals surface area contributed by atoms with Crippen molar-refractivity contribution in [3.63, 3.8) is 0 Å². The van der Waals surface area contributed by atoms with Crippen LogP contribution in [0.1, 0.15) is 25.7 Å². The van der Waals surface area contributed by atoms with Crippen molar-refractivity contribution in [1.29, 1.82) is 0 Å². The molecule has 2 heterocycles. The zero-order valence-corrected chi connectivity index (χ0v) is 8.74. The Morgan fingerprint density at radius 2 is 2.00 bits per heavy atom. The lowest BCUT2D eigenvalue weighted by Gasteiger charge is -2.26. The molecule has 0 aromatic heterocycles. The highest BCUT2D eigenvalue weighted by Gasteiger charge is 2.20. The fraction of sp³-hybridized carbons (Fsp3) is 1.00. The number of hydrogen-bond donors (Lipinski definition) is 2. The molecule has 0 aromatic rings. The predicted octanol–water partition coefficient (Wildman–Crippen LogP) is 0.886. The molecule has 0 saturated carbocycles. The van der Waals surface area contributed by atoms with Crippen LogP contribution in [0.15, 0.2) is 0 Å². The summed E-state index contributed by atoms with van der Waals surface area (Å²) in [5.74, 6) is 0. The fourth-order valence-electron chi connectivity index (χ4n) is 1.99. The van der Waals surface area contributed by atoms with Gasteiger partial charge in [0, 0.05) is 19.1 Å². The Balaban J connectivity index is 0.000000845. The van der Waals surface area contributed by atoms with Crippen LogP contribution in [0.5, 0.6) is 0 Å². The van der Waals surface area contributed by atoms with Crippen LogP contribution in [0.4, 0.5) is 0 Å². The minimum atomic E-state index is 0. The number of ether oxygens (including phenoxy) is 1. The second-order valence-corrected chi connectivity index (χ2v) is 3.70. The van der Waals surface area contributed by atoms with Crippen molar-refractivity contribution in [2.24, 2.45) is 0 Å². The monoisotopic (exact) mass is 206 g/mol. The third-order valence-corrected chi connectivity index (χ3v) is 2.67. The van der Waals surface area contributed by atoms with E-state index in [1.165, 1.54) is 19.4 Å². The number of hydrogen-bond acceptors (Lipinski definition) is 3. The highest BCUT2D eigenvalue weighted by Crippen LogP contribution is 2.13. The van der Waals surface area contributed by atoms with E-state index < -0.39 is 0 Å². The first-order valence-electron chi connectivity index (χ1n) is 5.03. The van der Waals surface area contributed by atoms with Gasteiger partial charge in [-0.15, -0.1) is 12.4 Å². The SMILES string of the molecule is C1CNC(CC2CCCN2)OC1.Cl. The smallest absolute Gasteiger partial charge is 0.109 e. The van der Waals surface area contributed by atoms with Crippen molar-refractivity contribution >= 4 is 12.4 Å². The van der Waals surface area contributed by atoms with Gasteiger partial charge in [-0.2, -0.15) is 0 Å². The van der Waals surface area contributed by atoms with Gasteiger partial charge in [-0.1, -0.05) is 0 Å². The van der Waals surface area contributed by atoms with Gasteiger partial charge >= 0.3 is 0 Å². The van der Waals surface area contributed by atoms with E-state index in [4.69, 9.17) is 4.74 Å². The zero-order valence-electron chi connectivity index (χ0n) is 7.92. The molecule has 13 heavy (non-hydrogen) atoms. The summed E-state index contributed by atoms with van der Waals surface area (Å²) in [4.78, 5) is 0. The third kappa shape index (κ3) is 3.43. The zero-order chi connectivity index (χ0) is 8.23. The molecule has 2 aliphatic heterocycles. The van der Waals surface area contributed by atoms with Gasteiger partial charge in [0.1, 0.15) is 6.23 Å². The molecule has 2 unspecified atom stereocenters. The summed E-state index contributed by atoms with van der Waals surface area (Å²) in [6.45, 7) is 3.25. The van der Waals surface area contributed by atoms with Gasteiger partial charge in [0.25, 0.3) is 0 Å². The largest absolute Gasteiger partial charge is 0.363 e. The van der Waals surface area contributed by atoms with Gasteiger partial charge in [-0.25, -0.2) is 0 Å². The molecule has 2 rings (SSSR count). The van der Waals surface area contributed by atoms with Crippen molar-refractivity contribution in [3.05, 3.63) is 0 Å². The van der Waals surface area contributed by atoms with E-state index in [0.717, 1.165) is 26.0 Å². The molecule has 0 amide bonds. The highest BCUT2D eigenvalue weighted by atomic mass is 35.5. The fourth-order valence-corrected chi connectivity index (χ4v) is 1.99. The van der Waals surface area contributed by atoms with E-state index in [1.54, 1.807) is 0 Å². The van der Waals surface area contributed by atoms with E-state index in [0.29, 0.717) is 12.3 Å². The standard InChI is InChI=1S/C9H18N2O.ClH/c1-3-8(10-4-1)7-9-11-5-2-6-12-9;/h8-11H,1-7H2;1H. The lowest BCUT2D eigenvalue weighted by atomic mass is 10.1. The summed E-state index contributed by atoms with van der Waals surface area (Å²) in [6, 6.07) is 0.695. The maximum Gasteiger partial charge on any atom is 0.109 e. The minimum Gasteiger partial charge on any atom is -0.363 e. The molecule has 4 heteroatoms. The van der Waals surface area contributed by atoms with Crippen LogP contribution >= 0.6 is 12.4 Å². The van der Waals surface area contributed by atoms with Crippen LogP contribution in [-0.2, 0) is 4.74 Å². The molecule has 0 aromatic carbocycles.